The van der Waals surface area contributed by atoms with E-state index in [0.29, 0.717) is 5.56 Å². The lowest BCUT2D eigenvalue weighted by molar-refractivity contribution is 0.0747. The van der Waals surface area contributed by atoms with Crippen LogP contribution in [-0.2, 0) is 0 Å². The molecule has 2 aromatic rings. The van der Waals surface area contributed by atoms with Crippen LogP contribution in [-0.4, -0.2) is 15.9 Å². The Bertz CT molecular complexity index is 511. The number of nitrogens with zero attached hydrogens (tertiary/aromatic N) is 1. The average Bonchev–Trinajstić information content (AvgIpc) is 2.39. The molecule has 0 aliphatic heterocycles. The fraction of sp³-hybridized carbons (Fsp3) is 0.0769. The Morgan fingerprint density at radius 1 is 1.12 bits per heavy atom. The van der Waals surface area contributed by atoms with Crippen molar-refractivity contribution >= 4 is 5.78 Å². The number of carbonyl (C=O) groups excluding carboxylic acids is 1. The number of halogens is 1. The van der Waals surface area contributed by atoms with Gasteiger partial charge in [-0.1, -0.05) is 0 Å². The van der Waals surface area contributed by atoms with Crippen LogP contribution >= 0.6 is 0 Å². The summed E-state index contributed by atoms with van der Waals surface area (Å²) in [6.45, 7) is 0. The van der Waals surface area contributed by atoms with Crippen LogP contribution in [0.3, 0.4) is 0 Å². The monoisotopic (exact) mass is 231 g/mol. The van der Waals surface area contributed by atoms with E-state index in [0.717, 1.165) is 0 Å². The number of hydrogen-bond donors (Lipinski definition) is 1. The van der Waals surface area contributed by atoms with Crippen LogP contribution in [0.25, 0.3) is 0 Å². The van der Waals surface area contributed by atoms with Crippen LogP contribution in [0.5, 0.6) is 0 Å². The predicted molar refractivity (Wildman–Crippen MR) is 59.9 cm³/mol. The quantitative estimate of drug-likeness (QED) is 0.823. The van der Waals surface area contributed by atoms with Gasteiger partial charge < -0.3 is 5.11 Å². The van der Waals surface area contributed by atoms with Crippen LogP contribution in [0, 0.1) is 5.82 Å². The summed E-state index contributed by atoms with van der Waals surface area (Å²) in [7, 11) is 0. The lowest BCUT2D eigenvalue weighted by Gasteiger charge is -2.09. The molecule has 0 radical (unpaired) electrons. The zero-order valence-corrected chi connectivity index (χ0v) is 8.88. The lowest BCUT2D eigenvalue weighted by atomic mass is 10.0. The zero-order chi connectivity index (χ0) is 12.3. The van der Waals surface area contributed by atoms with E-state index in [4.69, 9.17) is 0 Å². The number of hydrogen-bond acceptors (Lipinski definition) is 3. The van der Waals surface area contributed by atoms with Crippen molar-refractivity contribution in [2.45, 2.75) is 6.10 Å². The number of ketones is 1. The number of benzene rings is 1. The molecule has 2 rings (SSSR count). The topological polar surface area (TPSA) is 50.2 Å². The molecular weight excluding hydrogens is 221 g/mol. The Morgan fingerprint density at radius 2 is 1.71 bits per heavy atom. The maximum Gasteiger partial charge on any atom is 0.195 e. The van der Waals surface area contributed by atoms with Gasteiger partial charge in [-0.2, -0.15) is 0 Å². The third-order valence-corrected chi connectivity index (χ3v) is 2.40. The molecule has 0 spiro atoms. The second-order valence-electron chi connectivity index (χ2n) is 3.55. The number of aliphatic hydroxyl groups excluding tert-OH is 1. The molecule has 1 aromatic heterocycles. The molecule has 1 heterocycles. The molecule has 0 aliphatic rings. The minimum absolute atomic E-state index is 0.274. The van der Waals surface area contributed by atoms with Crippen molar-refractivity contribution in [2.24, 2.45) is 0 Å². The van der Waals surface area contributed by atoms with Crippen molar-refractivity contribution in [3.63, 3.8) is 0 Å². The summed E-state index contributed by atoms with van der Waals surface area (Å²) in [5.74, 6) is -0.879. The normalized spacial score (nSPS) is 12.1. The van der Waals surface area contributed by atoms with Gasteiger partial charge in [-0.3, -0.25) is 9.78 Å². The average molecular weight is 231 g/mol. The fourth-order valence-electron chi connectivity index (χ4n) is 1.47. The van der Waals surface area contributed by atoms with Gasteiger partial charge in [0, 0.05) is 18.0 Å². The molecule has 1 atom stereocenters. The van der Waals surface area contributed by atoms with Crippen LogP contribution in [0.15, 0.2) is 48.8 Å². The minimum atomic E-state index is -1.25. The standard InChI is InChI=1S/C13H10FNO2/c14-11-3-1-9(2-4-11)12(16)13(17)10-5-7-15-8-6-10/h1-8,13,17H. The van der Waals surface area contributed by atoms with E-state index < -0.39 is 17.7 Å². The van der Waals surface area contributed by atoms with Crippen molar-refractivity contribution in [2.75, 3.05) is 0 Å². The summed E-state index contributed by atoms with van der Waals surface area (Å²) in [6, 6.07) is 8.20. The third kappa shape index (κ3) is 2.54. The number of Topliss-reactive ketones (excluding diaryl/α,β-unsaturated/α-hetero) is 1. The zero-order valence-electron chi connectivity index (χ0n) is 8.88. The highest BCUT2D eigenvalue weighted by Gasteiger charge is 2.18. The van der Waals surface area contributed by atoms with Gasteiger partial charge in [0.15, 0.2) is 5.78 Å². The van der Waals surface area contributed by atoms with Crippen molar-refractivity contribution in [3.8, 4) is 0 Å². The number of rotatable bonds is 3. The summed E-state index contributed by atoms with van der Waals surface area (Å²) in [5, 5.41) is 9.84. The molecule has 0 aliphatic carbocycles. The van der Waals surface area contributed by atoms with Crippen LogP contribution < -0.4 is 0 Å². The fourth-order valence-corrected chi connectivity index (χ4v) is 1.47. The first-order valence-corrected chi connectivity index (χ1v) is 5.06. The van der Waals surface area contributed by atoms with Crippen molar-refractivity contribution in [1.29, 1.82) is 0 Å². The van der Waals surface area contributed by atoms with Gasteiger partial charge in [-0.15, -0.1) is 0 Å². The molecule has 0 saturated heterocycles. The first kappa shape index (κ1) is 11.4. The van der Waals surface area contributed by atoms with Gasteiger partial charge in [0.05, 0.1) is 0 Å². The molecule has 1 unspecified atom stereocenters. The Kier molecular flexibility index (Phi) is 3.25. The van der Waals surface area contributed by atoms with E-state index in [-0.39, 0.29) is 5.56 Å². The summed E-state index contributed by atoms with van der Waals surface area (Å²) in [6.07, 6.45) is 1.75. The molecule has 0 bridgehead atoms. The number of pyridine rings is 1. The number of carbonyl (C=O) groups is 1. The van der Waals surface area contributed by atoms with Gasteiger partial charge >= 0.3 is 0 Å². The first-order chi connectivity index (χ1) is 8.18. The highest BCUT2D eigenvalue weighted by Crippen LogP contribution is 2.17. The molecule has 1 aromatic carbocycles. The summed E-state index contributed by atoms with van der Waals surface area (Å²) in [4.78, 5) is 15.7. The molecule has 3 nitrogen and oxygen atoms in total. The molecule has 0 saturated carbocycles. The van der Waals surface area contributed by atoms with Gasteiger partial charge in [0.2, 0.25) is 0 Å². The molecule has 17 heavy (non-hydrogen) atoms. The highest BCUT2D eigenvalue weighted by molar-refractivity contribution is 5.99. The SMILES string of the molecule is O=C(c1ccc(F)cc1)C(O)c1ccncc1. The molecule has 86 valence electrons. The van der Waals surface area contributed by atoms with Crippen molar-refractivity contribution in [3.05, 3.63) is 65.7 Å². The van der Waals surface area contributed by atoms with E-state index in [9.17, 15) is 14.3 Å². The van der Waals surface area contributed by atoms with E-state index >= 15 is 0 Å². The van der Waals surface area contributed by atoms with E-state index in [1.807, 2.05) is 0 Å². The molecule has 1 N–H and O–H groups in total. The Balaban J connectivity index is 2.23. The third-order valence-electron chi connectivity index (χ3n) is 2.40. The largest absolute Gasteiger partial charge is 0.380 e. The summed E-state index contributed by atoms with van der Waals surface area (Å²) in [5.41, 5.74) is 0.741. The molecule has 4 heteroatoms. The van der Waals surface area contributed by atoms with Gasteiger partial charge in [-0.25, -0.2) is 4.39 Å². The lowest BCUT2D eigenvalue weighted by Crippen LogP contribution is -2.12. The predicted octanol–water partition coefficient (Wildman–Crippen LogP) is 2.14. The molecular formula is C13H10FNO2. The highest BCUT2D eigenvalue weighted by atomic mass is 19.1. The summed E-state index contributed by atoms with van der Waals surface area (Å²) >= 11 is 0. The van der Waals surface area contributed by atoms with E-state index in [2.05, 4.69) is 4.98 Å². The van der Waals surface area contributed by atoms with Gasteiger partial charge in [-0.05, 0) is 42.0 Å². The summed E-state index contributed by atoms with van der Waals surface area (Å²) < 4.78 is 12.7. The van der Waals surface area contributed by atoms with Gasteiger partial charge in [0.1, 0.15) is 11.9 Å². The second-order valence-corrected chi connectivity index (χ2v) is 3.55. The van der Waals surface area contributed by atoms with Crippen LogP contribution in [0.2, 0.25) is 0 Å². The van der Waals surface area contributed by atoms with Crippen molar-refractivity contribution < 1.29 is 14.3 Å². The number of aliphatic hydroxyl groups is 1. The Hall–Kier alpha value is -2.07. The smallest absolute Gasteiger partial charge is 0.195 e. The second kappa shape index (κ2) is 4.84. The molecule has 0 amide bonds. The maximum absolute atomic E-state index is 12.7. The van der Waals surface area contributed by atoms with Crippen LogP contribution in [0.1, 0.15) is 22.0 Å². The van der Waals surface area contributed by atoms with E-state index in [1.54, 1.807) is 12.1 Å². The minimum Gasteiger partial charge on any atom is -0.380 e. The Labute approximate surface area is 97.6 Å². The number of aromatic nitrogens is 1. The van der Waals surface area contributed by atoms with Gasteiger partial charge in [0.25, 0.3) is 0 Å². The first-order valence-electron chi connectivity index (χ1n) is 5.06. The maximum atomic E-state index is 12.7. The van der Waals surface area contributed by atoms with Crippen molar-refractivity contribution in [1.82, 2.24) is 4.98 Å². The van der Waals surface area contributed by atoms with E-state index in [1.165, 1.54) is 36.7 Å². The Morgan fingerprint density at radius 3 is 2.29 bits per heavy atom. The molecule has 0 fully saturated rings. The van der Waals surface area contributed by atoms with Crippen LogP contribution in [0.4, 0.5) is 4.39 Å².